The first-order chi connectivity index (χ1) is 16.6. The van der Waals surface area contributed by atoms with Crippen molar-refractivity contribution >= 4 is 33.1 Å². The maximum Gasteiger partial charge on any atom is 0.232 e. The van der Waals surface area contributed by atoms with E-state index in [1.54, 1.807) is 6.07 Å². The number of aryl methyl sites for hydroxylation is 1. The van der Waals surface area contributed by atoms with Gasteiger partial charge in [-0.2, -0.15) is 10.1 Å². The van der Waals surface area contributed by atoms with Gasteiger partial charge in [0.05, 0.1) is 17.2 Å². The van der Waals surface area contributed by atoms with Gasteiger partial charge >= 0.3 is 0 Å². The van der Waals surface area contributed by atoms with E-state index in [0.29, 0.717) is 43.4 Å². The molecule has 1 aromatic carbocycles. The monoisotopic (exact) mass is 506 g/mol. The number of sulfone groups is 1. The molecule has 0 atom stereocenters. The molecule has 0 saturated carbocycles. The van der Waals surface area contributed by atoms with Crippen LogP contribution in [-0.2, 0) is 31.5 Å². The predicted octanol–water partition coefficient (Wildman–Crippen LogP) is 3.24. The molecule has 2 aliphatic rings. The second kappa shape index (κ2) is 8.50. The van der Waals surface area contributed by atoms with Gasteiger partial charge in [0.2, 0.25) is 5.95 Å². The highest BCUT2D eigenvalue weighted by molar-refractivity contribution is 7.90. The third kappa shape index (κ3) is 4.23. The Morgan fingerprint density at radius 2 is 1.83 bits per heavy atom. The molecule has 0 bridgehead atoms. The van der Waals surface area contributed by atoms with Crippen LogP contribution in [0.4, 0.5) is 32.1 Å². The number of halogens is 2. The van der Waals surface area contributed by atoms with Gasteiger partial charge in [0, 0.05) is 56.7 Å². The van der Waals surface area contributed by atoms with Crippen LogP contribution in [0, 0.1) is 18.6 Å². The molecule has 186 valence electrons. The topological polar surface area (TPSA) is 122 Å². The maximum absolute atomic E-state index is 15.0. The summed E-state index contributed by atoms with van der Waals surface area (Å²) in [6.45, 7) is 3.10. The molecule has 0 unspecified atom stereocenters. The number of aromatic nitrogens is 4. The highest BCUT2D eigenvalue weighted by Gasteiger charge is 2.45. The molecule has 1 saturated heterocycles. The van der Waals surface area contributed by atoms with E-state index >= 15 is 0 Å². The quantitative estimate of drug-likeness (QED) is 0.537. The molecule has 5 rings (SSSR count). The fraction of sp³-hybridized carbons (Fsp3) is 0.409. The molecule has 2 aliphatic heterocycles. The molecule has 4 heterocycles. The van der Waals surface area contributed by atoms with Crippen LogP contribution in [0.3, 0.4) is 0 Å². The van der Waals surface area contributed by atoms with Crippen molar-refractivity contribution in [3.63, 3.8) is 0 Å². The first-order valence-corrected chi connectivity index (χ1v) is 12.8. The summed E-state index contributed by atoms with van der Waals surface area (Å²) in [6, 6.07) is 3.36. The van der Waals surface area contributed by atoms with Crippen molar-refractivity contribution in [1.82, 2.24) is 20.2 Å². The Kier molecular flexibility index (Phi) is 5.73. The Morgan fingerprint density at radius 3 is 2.43 bits per heavy atom. The number of rotatable bonds is 5. The molecule has 0 aliphatic carbocycles. The van der Waals surface area contributed by atoms with Crippen molar-refractivity contribution in [2.45, 2.75) is 36.9 Å². The van der Waals surface area contributed by atoms with Crippen molar-refractivity contribution in [2.75, 3.05) is 36.7 Å². The molecule has 1 spiro atoms. The van der Waals surface area contributed by atoms with E-state index in [-0.39, 0.29) is 12.6 Å². The van der Waals surface area contributed by atoms with Crippen molar-refractivity contribution in [1.29, 1.82) is 0 Å². The number of hydrogen-bond acceptors (Lipinski definition) is 9. The van der Waals surface area contributed by atoms with Gasteiger partial charge in [-0.15, -0.1) is 0 Å². The molecular formula is C22H24F2N6O4S. The number of nitrogens with one attached hydrogen (secondary N) is 2. The van der Waals surface area contributed by atoms with Crippen LogP contribution in [0.25, 0.3) is 0 Å². The second-order valence-corrected chi connectivity index (χ2v) is 10.7. The summed E-state index contributed by atoms with van der Waals surface area (Å²) >= 11 is 0. The average molecular weight is 507 g/mol. The van der Waals surface area contributed by atoms with Gasteiger partial charge in [-0.05, 0) is 19.1 Å². The normalized spacial score (nSPS) is 16.9. The van der Waals surface area contributed by atoms with Crippen molar-refractivity contribution in [3.05, 3.63) is 46.8 Å². The van der Waals surface area contributed by atoms with Crippen LogP contribution in [0.1, 0.15) is 29.8 Å². The first kappa shape index (κ1) is 23.6. The minimum atomic E-state index is -3.80. The highest BCUT2D eigenvalue weighted by atomic mass is 32.2. The van der Waals surface area contributed by atoms with Gasteiger partial charge in [-0.1, -0.05) is 0 Å². The lowest BCUT2D eigenvalue weighted by Gasteiger charge is -2.33. The zero-order valence-corrected chi connectivity index (χ0v) is 20.2. The molecule has 2 N–H and O–H groups in total. The SMILES string of the molecule is Cc1cc(Nc2nc(N(C)c3c(F)cc(S(C)(=O)=O)cc3F)nc3c2COC32CCOCC2)n[nH]1. The van der Waals surface area contributed by atoms with Gasteiger partial charge < -0.3 is 19.7 Å². The zero-order valence-electron chi connectivity index (χ0n) is 19.4. The van der Waals surface area contributed by atoms with E-state index in [0.717, 1.165) is 34.5 Å². The second-order valence-electron chi connectivity index (χ2n) is 8.72. The van der Waals surface area contributed by atoms with E-state index in [2.05, 4.69) is 25.5 Å². The number of benzene rings is 1. The number of fused-ring (bicyclic) bond motifs is 2. The largest absolute Gasteiger partial charge is 0.381 e. The lowest BCUT2D eigenvalue weighted by molar-refractivity contribution is -0.109. The lowest BCUT2D eigenvalue weighted by Crippen LogP contribution is -2.34. The number of anilines is 4. The summed E-state index contributed by atoms with van der Waals surface area (Å²) < 4.78 is 65.2. The first-order valence-electron chi connectivity index (χ1n) is 10.9. The fourth-order valence-corrected chi connectivity index (χ4v) is 5.02. The minimum absolute atomic E-state index is 0.0137. The number of H-pyrrole nitrogens is 1. The zero-order chi connectivity index (χ0) is 25.0. The predicted molar refractivity (Wildman–Crippen MR) is 123 cm³/mol. The van der Waals surface area contributed by atoms with Crippen molar-refractivity contribution in [3.8, 4) is 0 Å². The molecule has 1 fully saturated rings. The van der Waals surface area contributed by atoms with Crippen LogP contribution < -0.4 is 10.2 Å². The maximum atomic E-state index is 15.0. The summed E-state index contributed by atoms with van der Waals surface area (Å²) in [5, 5.41) is 10.2. The van der Waals surface area contributed by atoms with Crippen LogP contribution in [0.15, 0.2) is 23.1 Å². The summed E-state index contributed by atoms with van der Waals surface area (Å²) in [4.78, 5) is 9.93. The summed E-state index contributed by atoms with van der Waals surface area (Å²) in [6.07, 6.45) is 2.04. The summed E-state index contributed by atoms with van der Waals surface area (Å²) in [7, 11) is -2.38. The van der Waals surface area contributed by atoms with Gasteiger partial charge in [-0.25, -0.2) is 22.2 Å². The van der Waals surface area contributed by atoms with Crippen LogP contribution in [0.5, 0.6) is 0 Å². The minimum Gasteiger partial charge on any atom is -0.381 e. The summed E-state index contributed by atoms with van der Waals surface area (Å²) in [5.74, 6) is -1.17. The highest BCUT2D eigenvalue weighted by Crippen LogP contribution is 2.46. The molecule has 2 aromatic heterocycles. The van der Waals surface area contributed by atoms with Gasteiger partial charge in [0.1, 0.15) is 17.1 Å². The van der Waals surface area contributed by atoms with Crippen LogP contribution >= 0.6 is 0 Å². The van der Waals surface area contributed by atoms with Gasteiger partial charge in [0.25, 0.3) is 0 Å². The number of nitrogens with zero attached hydrogens (tertiary/aromatic N) is 4. The Labute approximate surface area is 200 Å². The molecule has 0 radical (unpaired) electrons. The third-order valence-corrected chi connectivity index (χ3v) is 7.32. The average Bonchev–Trinajstić information content (AvgIpc) is 3.36. The van der Waals surface area contributed by atoms with E-state index < -0.39 is 37.7 Å². The Bertz CT molecular complexity index is 1380. The standard InChI is InChI=1S/C22H24F2N6O4S/c1-12-8-17(29-28-12)25-20-14-11-34-22(4-6-33-7-5-22)19(14)26-21(27-20)30(2)18-15(23)9-13(10-16(18)24)35(3,31)32/h8-10H,4-7,11H2,1-3H3,(H2,25,26,27,28,29). The lowest BCUT2D eigenvalue weighted by atomic mass is 9.90. The Morgan fingerprint density at radius 1 is 1.14 bits per heavy atom. The summed E-state index contributed by atoms with van der Waals surface area (Å²) in [5.41, 5.74) is 1.03. The van der Waals surface area contributed by atoms with E-state index in [9.17, 15) is 17.2 Å². The van der Waals surface area contributed by atoms with Crippen molar-refractivity contribution in [2.24, 2.45) is 0 Å². The van der Waals surface area contributed by atoms with Gasteiger partial charge in [0.15, 0.2) is 27.3 Å². The third-order valence-electron chi connectivity index (χ3n) is 6.23. The van der Waals surface area contributed by atoms with Crippen molar-refractivity contribution < 1.29 is 26.7 Å². The molecule has 10 nitrogen and oxygen atoms in total. The van der Waals surface area contributed by atoms with E-state index in [4.69, 9.17) is 9.47 Å². The number of hydrogen-bond donors (Lipinski definition) is 2. The Hall–Kier alpha value is -3.16. The van der Waals surface area contributed by atoms with Crippen LogP contribution in [0.2, 0.25) is 0 Å². The molecular weight excluding hydrogens is 482 g/mol. The van der Waals surface area contributed by atoms with E-state index in [1.807, 2.05) is 6.92 Å². The smallest absolute Gasteiger partial charge is 0.232 e. The van der Waals surface area contributed by atoms with Gasteiger partial charge in [-0.3, -0.25) is 5.10 Å². The Balaban J connectivity index is 1.63. The number of ether oxygens (including phenoxy) is 2. The van der Waals surface area contributed by atoms with Crippen LogP contribution in [-0.4, -0.2) is 55.1 Å². The molecule has 3 aromatic rings. The molecule has 35 heavy (non-hydrogen) atoms. The fourth-order valence-electron chi connectivity index (χ4n) is 4.38. The molecule has 0 amide bonds. The molecule has 13 heteroatoms. The van der Waals surface area contributed by atoms with E-state index in [1.165, 1.54) is 7.05 Å². The number of aromatic amines is 1.